The van der Waals surface area contributed by atoms with Crippen molar-refractivity contribution in [3.05, 3.63) is 0 Å². The van der Waals surface area contributed by atoms with Gasteiger partial charge in [0.2, 0.25) is 11.8 Å². The van der Waals surface area contributed by atoms with Gasteiger partial charge in [-0.25, -0.2) is 0 Å². The minimum atomic E-state index is -5.68. The van der Waals surface area contributed by atoms with E-state index in [9.17, 15) is 31.1 Å². The lowest BCUT2D eigenvalue weighted by molar-refractivity contribution is -0.277. The van der Waals surface area contributed by atoms with Crippen LogP contribution in [0.15, 0.2) is 0 Å². The lowest BCUT2D eigenvalue weighted by atomic mass is 10.1. The van der Waals surface area contributed by atoms with Gasteiger partial charge < -0.3 is 10.0 Å². The number of alkyl halides is 6. The second-order valence-electron chi connectivity index (χ2n) is 3.51. The molecule has 0 atom stereocenters. The fourth-order valence-corrected chi connectivity index (χ4v) is 1.33. The van der Waals surface area contributed by atoms with Crippen molar-refractivity contribution in [2.45, 2.75) is 25.7 Å². The Morgan fingerprint density at radius 3 is 1.89 bits per heavy atom. The maximum absolute atomic E-state index is 12.3. The van der Waals surface area contributed by atoms with E-state index >= 15 is 0 Å². The first-order valence-corrected chi connectivity index (χ1v) is 5.08. The molecule has 108 valence electrons. The highest BCUT2D eigenvalue weighted by atomic mass is 19.4. The van der Waals surface area contributed by atoms with E-state index in [1.807, 2.05) is 0 Å². The number of hydrogen-bond acceptors (Lipinski definition) is 2. The van der Waals surface area contributed by atoms with Crippen molar-refractivity contribution >= 4 is 5.91 Å². The average Bonchev–Trinajstić information content (AvgIpc) is 2.14. The minimum absolute atomic E-state index is 0.0813. The first-order chi connectivity index (χ1) is 8.05. The Bertz CT molecular complexity index is 261. The number of amides is 1. The summed E-state index contributed by atoms with van der Waals surface area (Å²) in [5, 5.41) is 8.47. The molecular weight excluding hydrogens is 268 g/mol. The van der Waals surface area contributed by atoms with E-state index in [1.54, 1.807) is 0 Å². The Morgan fingerprint density at radius 1 is 1.17 bits per heavy atom. The zero-order valence-electron chi connectivity index (χ0n) is 9.48. The fraction of sp³-hybridized carbons (Fsp3) is 0.889. The molecule has 0 bridgehead atoms. The third-order valence-corrected chi connectivity index (χ3v) is 2.18. The minimum Gasteiger partial charge on any atom is -0.396 e. The number of rotatable bonds is 5. The summed E-state index contributed by atoms with van der Waals surface area (Å²) < 4.78 is 73.6. The molecule has 0 aliphatic carbocycles. The summed E-state index contributed by atoms with van der Waals surface area (Å²) in [4.78, 5) is 11.7. The molecule has 9 heteroatoms. The highest BCUT2D eigenvalue weighted by Gasteiger charge is 2.61. The zero-order valence-corrected chi connectivity index (χ0v) is 9.48. The summed E-state index contributed by atoms with van der Waals surface area (Å²) >= 11 is 0. The van der Waals surface area contributed by atoms with E-state index in [1.165, 1.54) is 6.92 Å². The molecule has 0 aromatic rings. The Labute approximate surface area is 99.4 Å². The molecule has 0 aromatic carbocycles. The molecule has 0 aliphatic heterocycles. The second kappa shape index (κ2) is 6.26. The summed E-state index contributed by atoms with van der Waals surface area (Å²) in [7, 11) is 0. The van der Waals surface area contributed by atoms with Crippen LogP contribution in [0.2, 0.25) is 0 Å². The van der Waals surface area contributed by atoms with Crippen molar-refractivity contribution < 1.29 is 36.2 Å². The number of aliphatic hydroxyl groups excluding tert-OH is 1. The molecule has 0 aromatic heterocycles. The molecular formula is C9H13F6NO2. The lowest BCUT2D eigenvalue weighted by Gasteiger charge is -2.28. The van der Waals surface area contributed by atoms with E-state index in [-0.39, 0.29) is 19.5 Å². The van der Waals surface area contributed by atoms with Crippen LogP contribution >= 0.6 is 0 Å². The molecule has 0 rings (SSSR count). The van der Waals surface area contributed by atoms with Crippen LogP contribution in [0.4, 0.5) is 26.3 Å². The summed E-state index contributed by atoms with van der Waals surface area (Å²) in [5.74, 6) is -6.05. The largest absolute Gasteiger partial charge is 0.409 e. The predicted molar refractivity (Wildman–Crippen MR) is 49.6 cm³/mol. The van der Waals surface area contributed by atoms with Crippen molar-refractivity contribution in [2.24, 2.45) is 5.92 Å². The van der Waals surface area contributed by atoms with Crippen molar-refractivity contribution in [2.75, 3.05) is 19.7 Å². The highest BCUT2D eigenvalue weighted by molar-refractivity contribution is 5.80. The molecule has 0 unspecified atom stereocenters. The number of nitrogens with zero attached hydrogens (tertiary/aromatic N) is 1. The van der Waals surface area contributed by atoms with Crippen LogP contribution in [0, 0.1) is 5.92 Å². The van der Waals surface area contributed by atoms with Gasteiger partial charge in [0.25, 0.3) is 0 Å². The van der Waals surface area contributed by atoms with Gasteiger partial charge in [0.1, 0.15) is 0 Å². The van der Waals surface area contributed by atoms with Crippen LogP contribution in [-0.4, -0.2) is 48.0 Å². The molecule has 1 amide bonds. The van der Waals surface area contributed by atoms with Crippen molar-refractivity contribution in [1.29, 1.82) is 0 Å². The van der Waals surface area contributed by atoms with Crippen LogP contribution in [-0.2, 0) is 4.79 Å². The molecule has 18 heavy (non-hydrogen) atoms. The normalized spacial score (nSPS) is 12.9. The molecule has 3 nitrogen and oxygen atoms in total. The van der Waals surface area contributed by atoms with Crippen LogP contribution in [0.25, 0.3) is 0 Å². The van der Waals surface area contributed by atoms with Gasteiger partial charge in [-0.3, -0.25) is 4.79 Å². The third-order valence-electron chi connectivity index (χ3n) is 2.18. The highest BCUT2D eigenvalue weighted by Crippen LogP contribution is 2.40. The number of carbonyl (C=O) groups is 1. The standard InChI is InChI=1S/C9H13F6NO2/c1-2-16(4-3-5-17)7(18)6(8(10,11)12)9(13,14)15/h6,17H,2-5H2,1H3. The van der Waals surface area contributed by atoms with E-state index in [0.29, 0.717) is 4.90 Å². The molecule has 0 fully saturated rings. The molecule has 1 N–H and O–H groups in total. The topological polar surface area (TPSA) is 40.5 Å². The first kappa shape index (κ1) is 17.0. The maximum atomic E-state index is 12.3. The number of hydrogen-bond donors (Lipinski definition) is 1. The van der Waals surface area contributed by atoms with Gasteiger partial charge in [0.15, 0.2) is 0 Å². The average molecular weight is 281 g/mol. The zero-order chi connectivity index (χ0) is 14.6. The lowest BCUT2D eigenvalue weighted by Crippen LogP contribution is -2.49. The Kier molecular flexibility index (Phi) is 5.91. The molecule has 0 saturated carbocycles. The molecule has 0 saturated heterocycles. The quantitative estimate of drug-likeness (QED) is 0.783. The second-order valence-corrected chi connectivity index (χ2v) is 3.51. The van der Waals surface area contributed by atoms with Crippen molar-refractivity contribution in [3.63, 3.8) is 0 Å². The Morgan fingerprint density at radius 2 is 1.61 bits per heavy atom. The van der Waals surface area contributed by atoms with Gasteiger partial charge >= 0.3 is 12.4 Å². The van der Waals surface area contributed by atoms with Gasteiger partial charge in [0.05, 0.1) is 0 Å². The van der Waals surface area contributed by atoms with Gasteiger partial charge in [-0.05, 0) is 13.3 Å². The summed E-state index contributed by atoms with van der Waals surface area (Å²) in [6.07, 6.45) is -11.4. The summed E-state index contributed by atoms with van der Waals surface area (Å²) in [6.45, 7) is 0.196. The van der Waals surface area contributed by atoms with E-state index in [2.05, 4.69) is 0 Å². The van der Waals surface area contributed by atoms with Crippen molar-refractivity contribution in [3.8, 4) is 0 Å². The van der Waals surface area contributed by atoms with Gasteiger partial charge in [-0.2, -0.15) is 26.3 Å². The Hall–Kier alpha value is -0.990. The predicted octanol–water partition coefficient (Wildman–Crippen LogP) is 1.96. The number of carbonyl (C=O) groups excluding carboxylic acids is 1. The summed E-state index contributed by atoms with van der Waals surface area (Å²) in [5.41, 5.74) is 0. The van der Waals surface area contributed by atoms with Gasteiger partial charge in [-0.15, -0.1) is 0 Å². The first-order valence-electron chi connectivity index (χ1n) is 5.08. The third kappa shape index (κ3) is 4.71. The van der Waals surface area contributed by atoms with Crippen LogP contribution in [0.5, 0.6) is 0 Å². The van der Waals surface area contributed by atoms with E-state index < -0.39 is 30.8 Å². The fourth-order valence-electron chi connectivity index (χ4n) is 1.33. The smallest absolute Gasteiger partial charge is 0.396 e. The maximum Gasteiger partial charge on any atom is 0.409 e. The summed E-state index contributed by atoms with van der Waals surface area (Å²) in [6, 6.07) is 0. The monoisotopic (exact) mass is 281 g/mol. The van der Waals surface area contributed by atoms with Gasteiger partial charge in [-0.1, -0.05) is 0 Å². The SMILES string of the molecule is CCN(CCCO)C(=O)C(C(F)(F)F)C(F)(F)F. The number of aliphatic hydroxyl groups is 1. The Balaban J connectivity index is 5.07. The van der Waals surface area contributed by atoms with Crippen LogP contribution in [0.3, 0.4) is 0 Å². The van der Waals surface area contributed by atoms with E-state index in [0.717, 1.165) is 0 Å². The molecule has 0 aliphatic rings. The van der Waals surface area contributed by atoms with Crippen LogP contribution in [0.1, 0.15) is 13.3 Å². The van der Waals surface area contributed by atoms with Gasteiger partial charge in [0, 0.05) is 19.7 Å². The number of halogens is 6. The van der Waals surface area contributed by atoms with E-state index in [4.69, 9.17) is 5.11 Å². The molecule has 0 spiro atoms. The molecule has 0 radical (unpaired) electrons. The van der Waals surface area contributed by atoms with Crippen LogP contribution < -0.4 is 0 Å². The van der Waals surface area contributed by atoms with Crippen molar-refractivity contribution in [1.82, 2.24) is 4.90 Å². The molecule has 0 heterocycles.